The van der Waals surface area contributed by atoms with E-state index < -0.39 is 12.7 Å². The van der Waals surface area contributed by atoms with Crippen LogP contribution in [0.1, 0.15) is 33.1 Å². The lowest BCUT2D eigenvalue weighted by atomic mass is 10.2. The molecular weight excluding hydrogens is 397 g/mol. The number of nitrogens with one attached hydrogen (secondary N) is 1. The Bertz CT molecular complexity index is 600. The van der Waals surface area contributed by atoms with Crippen molar-refractivity contribution < 1.29 is 18.0 Å². The SMILES string of the molecule is CCN=C(NC1CCN(CC(F)(F)F)C1)N1CCN(C(C)C(=O)N2CCCC2)CC1. The van der Waals surface area contributed by atoms with Gasteiger partial charge < -0.3 is 15.1 Å². The van der Waals surface area contributed by atoms with Gasteiger partial charge >= 0.3 is 6.18 Å². The van der Waals surface area contributed by atoms with Gasteiger partial charge in [-0.2, -0.15) is 13.2 Å². The molecule has 3 aliphatic rings. The first kappa shape index (κ1) is 23.1. The third-order valence-corrected chi connectivity index (χ3v) is 6.25. The lowest BCUT2D eigenvalue weighted by Gasteiger charge is -2.40. The highest BCUT2D eigenvalue weighted by Gasteiger charge is 2.35. The molecule has 0 aliphatic carbocycles. The van der Waals surface area contributed by atoms with E-state index in [1.807, 2.05) is 18.7 Å². The third-order valence-electron chi connectivity index (χ3n) is 6.25. The van der Waals surface area contributed by atoms with Gasteiger partial charge in [0, 0.05) is 64.9 Å². The number of halogens is 3. The van der Waals surface area contributed by atoms with Crippen LogP contribution in [0.2, 0.25) is 0 Å². The Morgan fingerprint density at radius 2 is 1.73 bits per heavy atom. The van der Waals surface area contributed by atoms with Crippen LogP contribution in [0.5, 0.6) is 0 Å². The molecule has 3 rings (SSSR count). The Morgan fingerprint density at radius 3 is 2.33 bits per heavy atom. The van der Waals surface area contributed by atoms with Crippen LogP contribution in [-0.4, -0.2) is 115 Å². The summed E-state index contributed by atoms with van der Waals surface area (Å²) in [6.45, 7) is 9.32. The van der Waals surface area contributed by atoms with Crippen molar-refractivity contribution in [1.29, 1.82) is 0 Å². The van der Waals surface area contributed by atoms with Crippen LogP contribution < -0.4 is 5.32 Å². The second-order valence-corrected chi connectivity index (χ2v) is 8.51. The van der Waals surface area contributed by atoms with Crippen LogP contribution in [0, 0.1) is 0 Å². The summed E-state index contributed by atoms with van der Waals surface area (Å²) < 4.78 is 37.9. The summed E-state index contributed by atoms with van der Waals surface area (Å²) in [5.41, 5.74) is 0. The lowest BCUT2D eigenvalue weighted by molar-refractivity contribution is -0.143. The summed E-state index contributed by atoms with van der Waals surface area (Å²) in [5, 5.41) is 3.39. The first-order valence-corrected chi connectivity index (χ1v) is 11.1. The minimum absolute atomic E-state index is 0.0219. The fraction of sp³-hybridized carbons (Fsp3) is 0.900. The summed E-state index contributed by atoms with van der Waals surface area (Å²) in [6, 6.07) is -0.137. The van der Waals surface area contributed by atoms with Crippen molar-refractivity contribution in [2.24, 2.45) is 4.99 Å². The van der Waals surface area contributed by atoms with Gasteiger partial charge in [-0.25, -0.2) is 0 Å². The standard InChI is InChI=1S/C20H35F3N6O/c1-3-24-19(25-17-6-9-26(14-17)15-20(21,22)23)29-12-10-27(11-13-29)16(2)18(30)28-7-4-5-8-28/h16-17H,3-15H2,1-2H3,(H,24,25). The molecule has 1 amide bonds. The van der Waals surface area contributed by atoms with E-state index >= 15 is 0 Å². The first-order chi connectivity index (χ1) is 14.3. The summed E-state index contributed by atoms with van der Waals surface area (Å²) in [7, 11) is 0. The Hall–Kier alpha value is -1.55. The van der Waals surface area contributed by atoms with Gasteiger partial charge in [0.2, 0.25) is 5.91 Å². The topological polar surface area (TPSA) is 54.4 Å². The number of carbonyl (C=O) groups is 1. The molecule has 0 aromatic rings. The maximum absolute atomic E-state index is 12.7. The second kappa shape index (κ2) is 10.2. The molecule has 3 heterocycles. The molecule has 3 aliphatic heterocycles. The highest BCUT2D eigenvalue weighted by Crippen LogP contribution is 2.20. The maximum atomic E-state index is 12.7. The Labute approximate surface area is 177 Å². The van der Waals surface area contributed by atoms with Gasteiger partial charge in [-0.1, -0.05) is 0 Å². The Kier molecular flexibility index (Phi) is 7.84. The van der Waals surface area contributed by atoms with E-state index in [0.717, 1.165) is 58.1 Å². The molecule has 0 bridgehead atoms. The molecule has 7 nitrogen and oxygen atoms in total. The van der Waals surface area contributed by atoms with Gasteiger partial charge in [0.25, 0.3) is 0 Å². The molecule has 30 heavy (non-hydrogen) atoms. The number of aliphatic imine (C=N–C) groups is 1. The zero-order chi connectivity index (χ0) is 21.7. The van der Waals surface area contributed by atoms with Gasteiger partial charge in [0.05, 0.1) is 12.6 Å². The van der Waals surface area contributed by atoms with Crippen LogP contribution in [0.3, 0.4) is 0 Å². The van der Waals surface area contributed by atoms with Crippen molar-refractivity contribution in [3.05, 3.63) is 0 Å². The Balaban J connectivity index is 1.48. The van der Waals surface area contributed by atoms with Crippen LogP contribution in [0.15, 0.2) is 4.99 Å². The van der Waals surface area contributed by atoms with E-state index in [-0.39, 0.29) is 18.0 Å². The number of hydrogen-bond acceptors (Lipinski definition) is 4. The predicted molar refractivity (Wildman–Crippen MR) is 110 cm³/mol. The number of alkyl halides is 3. The smallest absolute Gasteiger partial charge is 0.352 e. The summed E-state index contributed by atoms with van der Waals surface area (Å²) >= 11 is 0. The molecular formula is C20H35F3N6O. The van der Waals surface area contributed by atoms with E-state index in [9.17, 15) is 18.0 Å². The number of carbonyl (C=O) groups excluding carboxylic acids is 1. The average Bonchev–Trinajstić information content (AvgIpc) is 3.38. The molecule has 0 spiro atoms. The van der Waals surface area contributed by atoms with Gasteiger partial charge in [-0.3, -0.25) is 19.6 Å². The average molecular weight is 433 g/mol. The minimum atomic E-state index is -4.16. The van der Waals surface area contributed by atoms with E-state index in [0.29, 0.717) is 26.1 Å². The molecule has 172 valence electrons. The van der Waals surface area contributed by atoms with Crippen molar-refractivity contribution in [3.8, 4) is 0 Å². The van der Waals surface area contributed by atoms with Gasteiger partial charge in [-0.15, -0.1) is 0 Å². The van der Waals surface area contributed by atoms with Gasteiger partial charge in [-0.05, 0) is 33.1 Å². The highest BCUT2D eigenvalue weighted by molar-refractivity contribution is 5.82. The second-order valence-electron chi connectivity index (χ2n) is 8.51. The van der Waals surface area contributed by atoms with Crippen molar-refractivity contribution in [2.45, 2.75) is 51.4 Å². The Morgan fingerprint density at radius 1 is 1.07 bits per heavy atom. The fourth-order valence-electron chi connectivity index (χ4n) is 4.60. The van der Waals surface area contributed by atoms with Gasteiger partial charge in [0.15, 0.2) is 5.96 Å². The predicted octanol–water partition coefficient (Wildman–Crippen LogP) is 1.22. The monoisotopic (exact) mass is 432 g/mol. The quantitative estimate of drug-likeness (QED) is 0.523. The number of hydrogen-bond donors (Lipinski definition) is 1. The molecule has 0 aromatic heterocycles. The first-order valence-electron chi connectivity index (χ1n) is 11.1. The summed E-state index contributed by atoms with van der Waals surface area (Å²) in [6.07, 6.45) is -1.29. The largest absolute Gasteiger partial charge is 0.401 e. The summed E-state index contributed by atoms with van der Waals surface area (Å²) in [5.74, 6) is 0.992. The van der Waals surface area contributed by atoms with Gasteiger partial charge in [0.1, 0.15) is 0 Å². The number of guanidine groups is 1. The number of amides is 1. The molecule has 0 aromatic carbocycles. The molecule has 0 radical (unpaired) electrons. The summed E-state index contributed by atoms with van der Waals surface area (Å²) in [4.78, 5) is 25.1. The normalized spacial score (nSPS) is 25.8. The highest BCUT2D eigenvalue weighted by atomic mass is 19.4. The zero-order valence-electron chi connectivity index (χ0n) is 18.1. The molecule has 2 atom stereocenters. The molecule has 2 unspecified atom stereocenters. The fourth-order valence-corrected chi connectivity index (χ4v) is 4.60. The van der Waals surface area contributed by atoms with E-state index in [1.54, 1.807) is 0 Å². The van der Waals surface area contributed by atoms with Crippen molar-refractivity contribution in [3.63, 3.8) is 0 Å². The van der Waals surface area contributed by atoms with Crippen LogP contribution in [0.25, 0.3) is 0 Å². The molecule has 1 N–H and O–H groups in total. The minimum Gasteiger partial charge on any atom is -0.352 e. The van der Waals surface area contributed by atoms with Crippen molar-refractivity contribution in [2.75, 3.05) is 65.4 Å². The van der Waals surface area contributed by atoms with Crippen LogP contribution in [-0.2, 0) is 4.79 Å². The van der Waals surface area contributed by atoms with Crippen LogP contribution >= 0.6 is 0 Å². The third kappa shape index (κ3) is 6.23. The number of likely N-dealkylation sites (tertiary alicyclic amines) is 2. The molecule has 10 heteroatoms. The van der Waals surface area contributed by atoms with Crippen molar-refractivity contribution in [1.82, 2.24) is 24.9 Å². The molecule has 0 saturated carbocycles. The maximum Gasteiger partial charge on any atom is 0.401 e. The number of rotatable bonds is 5. The molecule has 3 saturated heterocycles. The van der Waals surface area contributed by atoms with E-state index in [4.69, 9.17) is 0 Å². The van der Waals surface area contributed by atoms with E-state index in [1.165, 1.54) is 4.90 Å². The number of piperazine rings is 1. The zero-order valence-corrected chi connectivity index (χ0v) is 18.1. The molecule has 3 fully saturated rings. The van der Waals surface area contributed by atoms with Crippen molar-refractivity contribution >= 4 is 11.9 Å². The lowest BCUT2D eigenvalue weighted by Crippen LogP contribution is -2.58. The van der Waals surface area contributed by atoms with E-state index in [2.05, 4.69) is 20.1 Å². The number of nitrogens with zero attached hydrogens (tertiary/aromatic N) is 5. The van der Waals surface area contributed by atoms with Crippen LogP contribution in [0.4, 0.5) is 13.2 Å².